The van der Waals surface area contributed by atoms with Crippen LogP contribution < -0.4 is 10.5 Å². The smallest absolute Gasteiger partial charge is 0.434 e. The molecule has 0 bridgehead atoms. The Bertz CT molecular complexity index is 1260. The average molecular weight is 428 g/mol. The molecule has 5 rings (SSSR count). The summed E-state index contributed by atoms with van der Waals surface area (Å²) in [5, 5.41) is 4.51. The van der Waals surface area contributed by atoms with Gasteiger partial charge in [-0.3, -0.25) is 0 Å². The van der Waals surface area contributed by atoms with Gasteiger partial charge >= 0.3 is 6.16 Å². The maximum atomic E-state index is 11.8. The van der Waals surface area contributed by atoms with Gasteiger partial charge in [0.1, 0.15) is 5.69 Å². The van der Waals surface area contributed by atoms with E-state index in [9.17, 15) is 4.79 Å². The lowest BCUT2D eigenvalue weighted by Crippen LogP contribution is -2.43. The van der Waals surface area contributed by atoms with Crippen molar-refractivity contribution in [3.05, 3.63) is 72.3 Å². The molecule has 0 saturated heterocycles. The van der Waals surface area contributed by atoms with Gasteiger partial charge in [-0.25, -0.2) is 14.3 Å². The topological polar surface area (TPSA) is 91.7 Å². The monoisotopic (exact) mass is 428 g/mol. The number of ether oxygens (including phenoxy) is 2. The number of imidazole rings is 1. The van der Waals surface area contributed by atoms with E-state index in [0.717, 1.165) is 40.9 Å². The third-order valence-electron chi connectivity index (χ3n) is 5.93. The Labute approximate surface area is 185 Å². The molecule has 1 fully saturated rings. The van der Waals surface area contributed by atoms with Gasteiger partial charge in [-0.15, -0.1) is 5.10 Å². The predicted octanol–water partition coefficient (Wildman–Crippen LogP) is 4.94. The zero-order valence-corrected chi connectivity index (χ0v) is 17.8. The van der Waals surface area contributed by atoms with Crippen molar-refractivity contribution in [3.63, 3.8) is 0 Å². The van der Waals surface area contributed by atoms with Gasteiger partial charge in [0.05, 0.1) is 12.3 Å². The fraction of sp³-hybridized carbons (Fsp3) is 0.240. The number of rotatable bonds is 5. The van der Waals surface area contributed by atoms with Crippen molar-refractivity contribution in [2.45, 2.75) is 31.7 Å². The summed E-state index contributed by atoms with van der Waals surface area (Å²) in [6, 6.07) is 21.6. The third-order valence-corrected chi connectivity index (χ3v) is 5.93. The van der Waals surface area contributed by atoms with Crippen LogP contribution in [0.15, 0.2) is 66.7 Å². The van der Waals surface area contributed by atoms with E-state index in [1.165, 1.54) is 6.42 Å². The highest BCUT2D eigenvalue weighted by Crippen LogP contribution is 2.40. The lowest BCUT2D eigenvalue weighted by molar-refractivity contribution is 0.102. The second-order valence-electron chi connectivity index (χ2n) is 7.99. The molecule has 0 spiro atoms. The summed E-state index contributed by atoms with van der Waals surface area (Å²) in [6.45, 7) is 1.95. The molecular formula is C25H24N4O3. The van der Waals surface area contributed by atoms with E-state index < -0.39 is 6.16 Å². The van der Waals surface area contributed by atoms with Gasteiger partial charge in [-0.05, 0) is 37.8 Å². The maximum absolute atomic E-state index is 11.8. The van der Waals surface area contributed by atoms with Crippen LogP contribution in [0, 0.1) is 0 Å². The highest BCUT2D eigenvalue weighted by Gasteiger charge is 2.34. The van der Waals surface area contributed by atoms with Crippen molar-refractivity contribution in [1.82, 2.24) is 14.6 Å². The number of hydrogen-bond donors (Lipinski definition) is 1. The van der Waals surface area contributed by atoms with E-state index in [0.29, 0.717) is 5.65 Å². The number of nitrogens with two attached hydrogens (primary N) is 1. The van der Waals surface area contributed by atoms with E-state index in [2.05, 4.69) is 29.4 Å². The highest BCUT2D eigenvalue weighted by atomic mass is 16.7. The van der Waals surface area contributed by atoms with Crippen LogP contribution in [0.5, 0.6) is 5.88 Å². The second-order valence-corrected chi connectivity index (χ2v) is 7.99. The van der Waals surface area contributed by atoms with Crippen LogP contribution in [0.2, 0.25) is 0 Å². The minimum Gasteiger partial charge on any atom is -0.434 e. The summed E-state index contributed by atoms with van der Waals surface area (Å²) in [6.07, 6.45) is 2.42. The standard InChI is InChI=1S/C25H24N4O3/c1-2-31-24(30)32-21-14-13-20-27-22(23(29(20)28-21)18-7-4-3-5-8-18)17-9-11-19(12-10-17)25(26)15-6-16-25/h3-5,7-14H,2,6,15-16,26H2,1H3. The Hall–Kier alpha value is -3.71. The summed E-state index contributed by atoms with van der Waals surface area (Å²) in [5.41, 5.74) is 11.6. The first-order chi connectivity index (χ1) is 15.6. The first-order valence-electron chi connectivity index (χ1n) is 10.8. The maximum Gasteiger partial charge on any atom is 0.515 e. The molecule has 4 aromatic rings. The van der Waals surface area contributed by atoms with Gasteiger partial charge in [-0.1, -0.05) is 54.6 Å². The molecule has 2 aromatic heterocycles. The largest absolute Gasteiger partial charge is 0.515 e. The van der Waals surface area contributed by atoms with Gasteiger partial charge in [0.15, 0.2) is 5.65 Å². The summed E-state index contributed by atoms with van der Waals surface area (Å²) < 4.78 is 11.8. The zero-order valence-electron chi connectivity index (χ0n) is 17.8. The molecule has 2 aromatic carbocycles. The minimum atomic E-state index is -0.789. The van der Waals surface area contributed by atoms with Crippen LogP contribution >= 0.6 is 0 Å². The fourth-order valence-corrected chi connectivity index (χ4v) is 4.07. The van der Waals surface area contributed by atoms with Gasteiger partial charge in [0, 0.05) is 22.7 Å². The molecule has 0 aliphatic heterocycles. The number of fused-ring (bicyclic) bond motifs is 1. The van der Waals surface area contributed by atoms with Crippen LogP contribution in [0.3, 0.4) is 0 Å². The van der Waals surface area contributed by atoms with E-state index in [-0.39, 0.29) is 18.0 Å². The normalized spacial score (nSPS) is 14.7. The van der Waals surface area contributed by atoms with Crippen molar-refractivity contribution in [2.75, 3.05) is 6.61 Å². The lowest BCUT2D eigenvalue weighted by Gasteiger charge is -2.38. The highest BCUT2D eigenvalue weighted by molar-refractivity contribution is 5.81. The molecule has 0 radical (unpaired) electrons. The molecule has 32 heavy (non-hydrogen) atoms. The van der Waals surface area contributed by atoms with Gasteiger partial charge < -0.3 is 15.2 Å². The number of aromatic nitrogens is 3. The second kappa shape index (κ2) is 8.09. The average Bonchev–Trinajstić information content (AvgIpc) is 3.17. The number of nitrogens with zero attached hydrogens (tertiary/aromatic N) is 3. The Kier molecular flexibility index (Phi) is 5.11. The summed E-state index contributed by atoms with van der Waals surface area (Å²) >= 11 is 0. The minimum absolute atomic E-state index is 0.141. The zero-order chi connectivity index (χ0) is 22.1. The van der Waals surface area contributed by atoms with Gasteiger partial charge in [0.2, 0.25) is 5.88 Å². The molecule has 1 aliphatic rings. The SMILES string of the molecule is CCOC(=O)Oc1ccc2nc(-c3ccc(C4(N)CCC4)cc3)c(-c3ccccc3)n2n1. The van der Waals surface area contributed by atoms with E-state index >= 15 is 0 Å². The van der Waals surface area contributed by atoms with Crippen LogP contribution in [0.25, 0.3) is 28.2 Å². The molecule has 0 unspecified atom stereocenters. The van der Waals surface area contributed by atoms with Crippen molar-refractivity contribution >= 4 is 11.8 Å². The van der Waals surface area contributed by atoms with Crippen molar-refractivity contribution in [3.8, 4) is 28.4 Å². The molecule has 7 nitrogen and oxygen atoms in total. The Morgan fingerprint density at radius 1 is 1.03 bits per heavy atom. The molecule has 7 heteroatoms. The Balaban J connectivity index is 1.61. The molecule has 1 saturated carbocycles. The molecule has 2 N–H and O–H groups in total. The number of carbonyl (C=O) groups excluding carboxylic acids is 1. The molecule has 162 valence electrons. The van der Waals surface area contributed by atoms with Crippen LogP contribution in [-0.4, -0.2) is 27.4 Å². The Morgan fingerprint density at radius 3 is 2.44 bits per heavy atom. The van der Waals surface area contributed by atoms with Crippen molar-refractivity contribution in [2.24, 2.45) is 5.73 Å². The lowest BCUT2D eigenvalue weighted by atomic mass is 9.72. The first kappa shape index (κ1) is 20.2. The van der Waals surface area contributed by atoms with Gasteiger partial charge in [0.25, 0.3) is 0 Å². The fourth-order valence-electron chi connectivity index (χ4n) is 4.07. The molecule has 1 aliphatic carbocycles. The van der Waals surface area contributed by atoms with E-state index in [1.807, 2.05) is 30.3 Å². The quantitative estimate of drug-likeness (QED) is 0.453. The Morgan fingerprint density at radius 2 is 1.78 bits per heavy atom. The number of benzene rings is 2. The summed E-state index contributed by atoms with van der Waals surface area (Å²) in [5.74, 6) is 0.141. The first-order valence-corrected chi connectivity index (χ1v) is 10.8. The molecule has 0 amide bonds. The van der Waals surface area contributed by atoms with E-state index in [1.54, 1.807) is 23.6 Å². The van der Waals surface area contributed by atoms with Crippen LogP contribution in [0.1, 0.15) is 31.7 Å². The molecular weight excluding hydrogens is 404 g/mol. The van der Waals surface area contributed by atoms with E-state index in [4.69, 9.17) is 20.2 Å². The molecule has 2 heterocycles. The molecule has 0 atom stereocenters. The van der Waals surface area contributed by atoms with Crippen molar-refractivity contribution in [1.29, 1.82) is 0 Å². The number of carbonyl (C=O) groups is 1. The van der Waals surface area contributed by atoms with Crippen LogP contribution in [0.4, 0.5) is 4.79 Å². The van der Waals surface area contributed by atoms with Crippen LogP contribution in [-0.2, 0) is 10.3 Å². The summed E-state index contributed by atoms with van der Waals surface area (Å²) in [4.78, 5) is 16.6. The van der Waals surface area contributed by atoms with Gasteiger partial charge in [-0.2, -0.15) is 0 Å². The number of hydrogen-bond acceptors (Lipinski definition) is 6. The van der Waals surface area contributed by atoms with Crippen molar-refractivity contribution < 1.29 is 14.3 Å². The summed E-state index contributed by atoms with van der Waals surface area (Å²) in [7, 11) is 0. The predicted molar refractivity (Wildman–Crippen MR) is 121 cm³/mol. The third kappa shape index (κ3) is 3.61.